The molecule has 1 heterocycles. The summed E-state index contributed by atoms with van der Waals surface area (Å²) in [5, 5.41) is 12.3. The first-order chi connectivity index (χ1) is 7.48. The number of furan rings is 1. The van der Waals surface area contributed by atoms with Gasteiger partial charge >= 0.3 is 0 Å². The van der Waals surface area contributed by atoms with Crippen molar-refractivity contribution < 1.29 is 14.3 Å². The van der Waals surface area contributed by atoms with Crippen LogP contribution in [0.4, 0.5) is 0 Å². The fourth-order valence-electron chi connectivity index (χ4n) is 1.09. The van der Waals surface area contributed by atoms with Crippen LogP contribution >= 0.6 is 0 Å². The van der Waals surface area contributed by atoms with Crippen LogP contribution in [0.15, 0.2) is 16.5 Å². The fraction of sp³-hybridized carbons (Fsp3) is 0.545. The first-order valence-electron chi connectivity index (χ1n) is 5.28. The topological polar surface area (TPSA) is 88.5 Å². The molecule has 1 rings (SSSR count). The summed E-state index contributed by atoms with van der Waals surface area (Å²) in [7, 11) is 0. The van der Waals surface area contributed by atoms with Gasteiger partial charge in [0, 0.05) is 6.54 Å². The third kappa shape index (κ3) is 3.36. The van der Waals surface area contributed by atoms with Crippen molar-refractivity contribution in [1.82, 2.24) is 5.32 Å². The van der Waals surface area contributed by atoms with Crippen molar-refractivity contribution in [2.24, 2.45) is 5.73 Å². The van der Waals surface area contributed by atoms with Crippen LogP contribution in [0.5, 0.6) is 0 Å². The molecule has 1 aromatic heterocycles. The third-order valence-electron chi connectivity index (χ3n) is 2.48. The molecule has 0 aliphatic carbocycles. The summed E-state index contributed by atoms with van der Waals surface area (Å²) in [5.41, 5.74) is 4.47. The van der Waals surface area contributed by atoms with Crippen molar-refractivity contribution in [2.45, 2.75) is 32.4 Å². The Morgan fingerprint density at radius 2 is 2.31 bits per heavy atom. The Morgan fingerprint density at radius 1 is 1.62 bits per heavy atom. The van der Waals surface area contributed by atoms with E-state index in [1.54, 1.807) is 19.1 Å². The molecule has 90 valence electrons. The molecule has 5 nitrogen and oxygen atoms in total. The number of amides is 1. The van der Waals surface area contributed by atoms with E-state index in [0.717, 1.165) is 0 Å². The lowest BCUT2D eigenvalue weighted by Gasteiger charge is -2.21. The van der Waals surface area contributed by atoms with Crippen molar-refractivity contribution in [2.75, 3.05) is 6.54 Å². The van der Waals surface area contributed by atoms with Crippen LogP contribution < -0.4 is 11.1 Å². The van der Waals surface area contributed by atoms with Crippen molar-refractivity contribution in [3.63, 3.8) is 0 Å². The molecule has 0 saturated heterocycles. The number of rotatable bonds is 5. The second kappa shape index (κ2) is 5.14. The second-order valence-electron chi connectivity index (χ2n) is 4.00. The maximum atomic E-state index is 11.6. The fourth-order valence-corrected chi connectivity index (χ4v) is 1.09. The molecule has 4 N–H and O–H groups in total. The number of hydrogen-bond acceptors (Lipinski definition) is 4. The lowest BCUT2D eigenvalue weighted by Crippen LogP contribution is -2.39. The van der Waals surface area contributed by atoms with E-state index in [-0.39, 0.29) is 24.8 Å². The SMILES string of the molecule is CCC(C)(O)CNC(=O)c1ccc(CN)o1. The van der Waals surface area contributed by atoms with Gasteiger partial charge in [0.15, 0.2) is 5.76 Å². The molecule has 0 spiro atoms. The van der Waals surface area contributed by atoms with Gasteiger partial charge in [-0.25, -0.2) is 0 Å². The Balaban J connectivity index is 2.53. The number of carbonyl (C=O) groups excluding carboxylic acids is 1. The number of nitrogens with one attached hydrogen (secondary N) is 1. The highest BCUT2D eigenvalue weighted by Crippen LogP contribution is 2.09. The molecule has 5 heteroatoms. The van der Waals surface area contributed by atoms with Gasteiger partial charge in [-0.3, -0.25) is 4.79 Å². The van der Waals surface area contributed by atoms with Crippen LogP contribution in [0, 0.1) is 0 Å². The van der Waals surface area contributed by atoms with Gasteiger partial charge in [0.05, 0.1) is 12.1 Å². The zero-order valence-corrected chi connectivity index (χ0v) is 9.62. The average molecular weight is 226 g/mol. The minimum Gasteiger partial charge on any atom is -0.455 e. The van der Waals surface area contributed by atoms with Gasteiger partial charge in [0.1, 0.15) is 5.76 Å². The maximum absolute atomic E-state index is 11.6. The van der Waals surface area contributed by atoms with E-state index in [4.69, 9.17) is 10.2 Å². The molecule has 1 aromatic rings. The Bertz CT molecular complexity index is 358. The summed E-state index contributed by atoms with van der Waals surface area (Å²) < 4.78 is 5.17. The quantitative estimate of drug-likeness (QED) is 0.687. The molecular formula is C11H18N2O3. The van der Waals surface area contributed by atoms with Crippen LogP contribution in [0.25, 0.3) is 0 Å². The Hall–Kier alpha value is -1.33. The van der Waals surface area contributed by atoms with Crippen LogP contribution in [0.2, 0.25) is 0 Å². The molecule has 0 aliphatic rings. The summed E-state index contributed by atoms with van der Waals surface area (Å²) in [5.74, 6) is 0.438. The summed E-state index contributed by atoms with van der Waals surface area (Å²) in [6.07, 6.45) is 0.569. The van der Waals surface area contributed by atoms with E-state index in [0.29, 0.717) is 12.2 Å². The number of hydrogen-bond donors (Lipinski definition) is 3. The van der Waals surface area contributed by atoms with Gasteiger partial charge in [-0.2, -0.15) is 0 Å². The van der Waals surface area contributed by atoms with E-state index < -0.39 is 5.60 Å². The van der Waals surface area contributed by atoms with Gasteiger partial charge in [0.2, 0.25) is 0 Å². The van der Waals surface area contributed by atoms with E-state index >= 15 is 0 Å². The van der Waals surface area contributed by atoms with E-state index in [1.165, 1.54) is 0 Å². The van der Waals surface area contributed by atoms with Gasteiger partial charge in [0.25, 0.3) is 5.91 Å². The highest BCUT2D eigenvalue weighted by molar-refractivity contribution is 5.91. The van der Waals surface area contributed by atoms with Crippen LogP contribution in [0.3, 0.4) is 0 Å². The monoisotopic (exact) mass is 226 g/mol. The largest absolute Gasteiger partial charge is 0.455 e. The normalized spacial score (nSPS) is 14.5. The zero-order chi connectivity index (χ0) is 12.2. The summed E-state index contributed by atoms with van der Waals surface area (Å²) >= 11 is 0. The first-order valence-corrected chi connectivity index (χ1v) is 5.28. The molecule has 1 unspecified atom stereocenters. The third-order valence-corrected chi connectivity index (χ3v) is 2.48. The van der Waals surface area contributed by atoms with E-state index in [9.17, 15) is 9.90 Å². The molecular weight excluding hydrogens is 208 g/mol. The molecule has 1 amide bonds. The number of carbonyl (C=O) groups is 1. The predicted octanol–water partition coefficient (Wildman–Crippen LogP) is 0.629. The Morgan fingerprint density at radius 3 is 2.81 bits per heavy atom. The molecule has 0 aliphatic heterocycles. The van der Waals surface area contributed by atoms with Gasteiger partial charge in [-0.1, -0.05) is 6.92 Å². The van der Waals surface area contributed by atoms with E-state index in [1.807, 2.05) is 6.92 Å². The lowest BCUT2D eigenvalue weighted by molar-refractivity contribution is 0.0511. The molecule has 1 atom stereocenters. The van der Waals surface area contributed by atoms with Gasteiger partial charge < -0.3 is 20.6 Å². The predicted molar refractivity (Wildman–Crippen MR) is 59.8 cm³/mol. The zero-order valence-electron chi connectivity index (χ0n) is 9.62. The average Bonchev–Trinajstić information content (AvgIpc) is 2.74. The minimum absolute atomic E-state index is 0.195. The lowest BCUT2D eigenvalue weighted by atomic mass is 10.0. The van der Waals surface area contributed by atoms with E-state index in [2.05, 4.69) is 5.32 Å². The number of nitrogens with two attached hydrogens (primary N) is 1. The maximum Gasteiger partial charge on any atom is 0.287 e. The van der Waals surface area contributed by atoms with Crippen LogP contribution in [-0.2, 0) is 6.54 Å². The molecule has 0 bridgehead atoms. The molecule has 16 heavy (non-hydrogen) atoms. The first kappa shape index (κ1) is 12.7. The Labute approximate surface area is 94.6 Å². The molecule has 0 fully saturated rings. The van der Waals surface area contributed by atoms with Crippen LogP contribution in [-0.4, -0.2) is 23.2 Å². The van der Waals surface area contributed by atoms with Gasteiger partial charge in [-0.05, 0) is 25.5 Å². The molecule has 0 saturated carbocycles. The van der Waals surface area contributed by atoms with Gasteiger partial charge in [-0.15, -0.1) is 0 Å². The standard InChI is InChI=1S/C11H18N2O3/c1-3-11(2,15)7-13-10(14)9-5-4-8(6-12)16-9/h4-5,15H,3,6-7,12H2,1-2H3,(H,13,14). The second-order valence-corrected chi connectivity index (χ2v) is 4.00. The van der Waals surface area contributed by atoms with Crippen molar-refractivity contribution >= 4 is 5.91 Å². The molecule has 0 aromatic carbocycles. The van der Waals surface area contributed by atoms with Crippen molar-refractivity contribution in [3.8, 4) is 0 Å². The van der Waals surface area contributed by atoms with Crippen molar-refractivity contribution in [1.29, 1.82) is 0 Å². The number of aliphatic hydroxyl groups is 1. The molecule has 0 radical (unpaired) electrons. The van der Waals surface area contributed by atoms with Crippen LogP contribution in [0.1, 0.15) is 36.6 Å². The summed E-state index contributed by atoms with van der Waals surface area (Å²) in [6.45, 7) is 3.98. The highest BCUT2D eigenvalue weighted by Gasteiger charge is 2.19. The minimum atomic E-state index is -0.890. The smallest absolute Gasteiger partial charge is 0.287 e. The summed E-state index contributed by atoms with van der Waals surface area (Å²) in [6, 6.07) is 3.23. The van der Waals surface area contributed by atoms with Crippen molar-refractivity contribution in [3.05, 3.63) is 23.7 Å². The summed E-state index contributed by atoms with van der Waals surface area (Å²) in [4.78, 5) is 11.6. The Kier molecular flexibility index (Phi) is 4.09. The highest BCUT2D eigenvalue weighted by atomic mass is 16.4.